The van der Waals surface area contributed by atoms with Crippen LogP contribution in [0.3, 0.4) is 0 Å². The van der Waals surface area contributed by atoms with Crippen molar-refractivity contribution in [2.75, 3.05) is 13.2 Å². The molecule has 0 unspecified atom stereocenters. The van der Waals surface area contributed by atoms with Crippen LogP contribution in [-0.2, 0) is 22.9 Å². The minimum atomic E-state index is -3.59. The summed E-state index contributed by atoms with van der Waals surface area (Å²) in [5.74, 6) is 0. The van der Waals surface area contributed by atoms with Gasteiger partial charge in [0.1, 0.15) is 0 Å². The highest BCUT2D eigenvalue weighted by atomic mass is 32.2. The largest absolute Gasteiger partial charge is 0.452 e. The van der Waals surface area contributed by atoms with Crippen molar-refractivity contribution in [2.45, 2.75) is 43.6 Å². The van der Waals surface area contributed by atoms with Gasteiger partial charge in [-0.15, -0.1) is 0 Å². The van der Waals surface area contributed by atoms with Gasteiger partial charge in [-0.2, -0.15) is 0 Å². The van der Waals surface area contributed by atoms with Crippen molar-refractivity contribution < 1.29 is 17.9 Å². The Kier molecular flexibility index (Phi) is 5.61. The molecule has 25 heavy (non-hydrogen) atoms. The van der Waals surface area contributed by atoms with E-state index in [9.17, 15) is 8.42 Å². The number of hydrogen-bond acceptors (Lipinski definition) is 4. The summed E-state index contributed by atoms with van der Waals surface area (Å²) in [4.78, 5) is 0. The minimum absolute atomic E-state index is 0.0333. The Morgan fingerprint density at radius 2 is 1.76 bits per heavy atom. The van der Waals surface area contributed by atoms with Gasteiger partial charge in [0.15, 0.2) is 0 Å². The minimum Gasteiger partial charge on any atom is -0.452 e. The van der Waals surface area contributed by atoms with Gasteiger partial charge in [-0.25, -0.2) is 13.1 Å². The SMILES string of the molecule is O=S(=O)(NCC1(Cc2ccc(CCO)cc2)CCCC1)c1ccco1. The molecule has 1 aromatic carbocycles. The number of aliphatic hydroxyl groups excluding tert-OH is 1. The van der Waals surface area contributed by atoms with Crippen LogP contribution in [0.1, 0.15) is 36.8 Å². The number of hydrogen-bond donors (Lipinski definition) is 2. The Bertz CT molecular complexity index is 760. The quantitative estimate of drug-likeness (QED) is 0.756. The van der Waals surface area contributed by atoms with E-state index in [4.69, 9.17) is 9.52 Å². The smallest absolute Gasteiger partial charge is 0.273 e. The second-order valence-electron chi connectivity index (χ2n) is 6.93. The van der Waals surface area contributed by atoms with Gasteiger partial charge in [-0.05, 0) is 54.4 Å². The molecule has 0 atom stereocenters. The van der Waals surface area contributed by atoms with Crippen molar-refractivity contribution in [3.63, 3.8) is 0 Å². The summed E-state index contributed by atoms with van der Waals surface area (Å²) < 4.78 is 32.4. The van der Waals surface area contributed by atoms with E-state index in [1.165, 1.54) is 17.9 Å². The van der Waals surface area contributed by atoms with Crippen LogP contribution in [0.15, 0.2) is 52.2 Å². The van der Waals surface area contributed by atoms with Crippen molar-refractivity contribution in [2.24, 2.45) is 5.41 Å². The summed E-state index contributed by atoms with van der Waals surface area (Å²) in [7, 11) is -3.59. The molecule has 0 amide bonds. The zero-order valence-electron chi connectivity index (χ0n) is 14.3. The van der Waals surface area contributed by atoms with Crippen molar-refractivity contribution in [1.29, 1.82) is 0 Å². The molecular weight excluding hydrogens is 338 g/mol. The molecule has 0 radical (unpaired) electrons. The molecule has 6 heteroatoms. The summed E-state index contributed by atoms with van der Waals surface area (Å²) in [6, 6.07) is 11.3. The lowest BCUT2D eigenvalue weighted by Gasteiger charge is -2.29. The molecule has 1 heterocycles. The third kappa shape index (κ3) is 4.51. The van der Waals surface area contributed by atoms with Crippen LogP contribution < -0.4 is 4.72 Å². The van der Waals surface area contributed by atoms with Gasteiger partial charge in [-0.3, -0.25) is 0 Å². The molecule has 1 aliphatic carbocycles. The predicted octanol–water partition coefficient (Wildman–Crippen LogP) is 2.90. The predicted molar refractivity (Wildman–Crippen MR) is 95.7 cm³/mol. The van der Waals surface area contributed by atoms with Crippen molar-refractivity contribution >= 4 is 10.0 Å². The maximum atomic E-state index is 12.3. The summed E-state index contributed by atoms with van der Waals surface area (Å²) in [6.07, 6.45) is 7.18. The van der Waals surface area contributed by atoms with Crippen LogP contribution in [0.25, 0.3) is 0 Å². The Balaban J connectivity index is 1.69. The molecule has 0 bridgehead atoms. The Morgan fingerprint density at radius 3 is 2.36 bits per heavy atom. The molecule has 1 aromatic heterocycles. The average molecular weight is 363 g/mol. The van der Waals surface area contributed by atoms with E-state index in [-0.39, 0.29) is 17.1 Å². The summed E-state index contributed by atoms with van der Waals surface area (Å²) in [5.41, 5.74) is 2.28. The van der Waals surface area contributed by atoms with Gasteiger partial charge in [0.05, 0.1) is 6.26 Å². The fraction of sp³-hybridized carbons (Fsp3) is 0.474. The summed E-state index contributed by atoms with van der Waals surface area (Å²) in [5, 5.41) is 8.98. The molecule has 0 spiro atoms. The third-order valence-corrected chi connectivity index (χ3v) is 6.35. The van der Waals surface area contributed by atoms with Gasteiger partial charge in [-0.1, -0.05) is 37.1 Å². The van der Waals surface area contributed by atoms with Gasteiger partial charge in [0.2, 0.25) is 5.09 Å². The second kappa shape index (κ2) is 7.72. The monoisotopic (exact) mass is 363 g/mol. The van der Waals surface area contributed by atoms with E-state index >= 15 is 0 Å². The first-order chi connectivity index (χ1) is 12.0. The molecule has 136 valence electrons. The zero-order valence-corrected chi connectivity index (χ0v) is 15.1. The number of furan rings is 1. The van der Waals surface area contributed by atoms with E-state index in [2.05, 4.69) is 16.9 Å². The number of nitrogens with one attached hydrogen (secondary N) is 1. The standard InChI is InChI=1S/C19H25NO4S/c21-12-9-16-5-7-17(8-6-16)14-19(10-1-2-11-19)15-20-25(22,23)18-4-3-13-24-18/h3-8,13,20-21H,1-2,9-12,14-15H2. The summed E-state index contributed by atoms with van der Waals surface area (Å²) in [6.45, 7) is 0.576. The molecule has 0 aliphatic heterocycles. The normalized spacial score (nSPS) is 17.0. The lowest BCUT2D eigenvalue weighted by molar-refractivity contribution is 0.293. The van der Waals surface area contributed by atoms with Crippen LogP contribution in [0.2, 0.25) is 0 Å². The Labute approximate surface area is 149 Å². The van der Waals surface area contributed by atoms with E-state index in [0.29, 0.717) is 13.0 Å². The molecule has 1 saturated carbocycles. The second-order valence-corrected chi connectivity index (χ2v) is 8.63. The highest BCUT2D eigenvalue weighted by Gasteiger charge is 2.35. The fourth-order valence-electron chi connectivity index (χ4n) is 3.66. The molecular formula is C19H25NO4S. The molecule has 1 fully saturated rings. The maximum absolute atomic E-state index is 12.3. The molecule has 0 saturated heterocycles. The van der Waals surface area contributed by atoms with E-state index in [0.717, 1.165) is 37.7 Å². The van der Waals surface area contributed by atoms with Crippen molar-refractivity contribution in [3.05, 3.63) is 53.8 Å². The van der Waals surface area contributed by atoms with Gasteiger partial charge in [0.25, 0.3) is 10.0 Å². The average Bonchev–Trinajstić information content (AvgIpc) is 3.28. The zero-order chi connectivity index (χ0) is 17.8. The Hall–Kier alpha value is -1.63. The van der Waals surface area contributed by atoms with Gasteiger partial charge < -0.3 is 9.52 Å². The topological polar surface area (TPSA) is 79.5 Å². The summed E-state index contributed by atoms with van der Waals surface area (Å²) >= 11 is 0. The molecule has 5 nitrogen and oxygen atoms in total. The van der Waals surface area contributed by atoms with Crippen LogP contribution in [-0.4, -0.2) is 26.7 Å². The van der Waals surface area contributed by atoms with E-state index in [1.807, 2.05) is 12.1 Å². The van der Waals surface area contributed by atoms with Gasteiger partial charge >= 0.3 is 0 Å². The molecule has 3 rings (SSSR count). The number of benzene rings is 1. The van der Waals surface area contributed by atoms with Gasteiger partial charge in [0, 0.05) is 13.2 Å². The first kappa shape index (κ1) is 18.2. The van der Waals surface area contributed by atoms with Crippen molar-refractivity contribution in [3.8, 4) is 0 Å². The first-order valence-corrected chi connectivity index (χ1v) is 10.2. The first-order valence-electron chi connectivity index (χ1n) is 8.75. The van der Waals surface area contributed by atoms with Crippen LogP contribution in [0.4, 0.5) is 0 Å². The highest BCUT2D eigenvalue weighted by Crippen LogP contribution is 2.40. The fourth-order valence-corrected chi connectivity index (χ4v) is 4.74. The maximum Gasteiger partial charge on any atom is 0.273 e. The number of sulfonamides is 1. The number of aliphatic hydroxyl groups is 1. The highest BCUT2D eigenvalue weighted by molar-refractivity contribution is 7.89. The molecule has 2 N–H and O–H groups in total. The van der Waals surface area contributed by atoms with Crippen LogP contribution in [0, 0.1) is 5.41 Å². The van der Waals surface area contributed by atoms with Crippen LogP contribution in [0.5, 0.6) is 0 Å². The van der Waals surface area contributed by atoms with E-state index in [1.54, 1.807) is 6.07 Å². The van der Waals surface area contributed by atoms with Crippen molar-refractivity contribution in [1.82, 2.24) is 4.72 Å². The molecule has 1 aliphatic rings. The lowest BCUT2D eigenvalue weighted by atomic mass is 9.80. The van der Waals surface area contributed by atoms with Crippen LogP contribution >= 0.6 is 0 Å². The van der Waals surface area contributed by atoms with E-state index < -0.39 is 10.0 Å². The molecule has 2 aromatic rings. The third-order valence-electron chi connectivity index (χ3n) is 5.06. The lowest BCUT2D eigenvalue weighted by Crippen LogP contribution is -2.37. The Morgan fingerprint density at radius 1 is 1.08 bits per heavy atom. The number of rotatable bonds is 8.